The number of hydrogen-bond acceptors (Lipinski definition) is 6. The van der Waals surface area contributed by atoms with Crippen LogP contribution in [-0.4, -0.2) is 30.9 Å². The molecule has 0 saturated heterocycles. The zero-order valence-corrected chi connectivity index (χ0v) is 18.8. The number of carbonyl (C=O) groups excluding carboxylic acids is 3. The highest BCUT2D eigenvalue weighted by molar-refractivity contribution is 7.16. The van der Waals surface area contributed by atoms with Crippen LogP contribution < -0.4 is 10.6 Å². The smallest absolute Gasteiger partial charge is 0.325 e. The second-order valence-corrected chi connectivity index (χ2v) is 8.82. The van der Waals surface area contributed by atoms with Crippen LogP contribution in [0.1, 0.15) is 45.6 Å². The molecule has 0 spiro atoms. The molecule has 1 aromatic carbocycles. The summed E-state index contributed by atoms with van der Waals surface area (Å²) >= 11 is 13.1. The average molecular weight is 480 g/mol. The fraction of sp³-hybridized carbons (Fsp3) is 0.333. The van der Waals surface area contributed by atoms with Gasteiger partial charge in [0.05, 0.1) is 15.6 Å². The Morgan fingerprint density at radius 2 is 1.90 bits per heavy atom. The number of fused-ring (bicyclic) bond motifs is 1. The lowest BCUT2D eigenvalue weighted by atomic mass is 10.1. The molecule has 1 heterocycles. The minimum atomic E-state index is -0.772. The van der Waals surface area contributed by atoms with Crippen LogP contribution in [-0.2, 0) is 27.2 Å². The van der Waals surface area contributed by atoms with Gasteiger partial charge < -0.3 is 15.4 Å². The summed E-state index contributed by atoms with van der Waals surface area (Å²) < 4.78 is 4.91. The molecule has 31 heavy (non-hydrogen) atoms. The highest BCUT2D eigenvalue weighted by Crippen LogP contribution is 2.36. The van der Waals surface area contributed by atoms with Crippen LogP contribution in [0.2, 0.25) is 10.0 Å². The van der Waals surface area contributed by atoms with Crippen LogP contribution >= 0.6 is 34.5 Å². The van der Waals surface area contributed by atoms with E-state index in [2.05, 4.69) is 16.7 Å². The van der Waals surface area contributed by atoms with Gasteiger partial charge in [0.2, 0.25) is 0 Å². The maximum Gasteiger partial charge on any atom is 0.325 e. The molecule has 0 saturated carbocycles. The van der Waals surface area contributed by atoms with E-state index in [1.165, 1.54) is 29.5 Å². The molecule has 0 bridgehead atoms. The van der Waals surface area contributed by atoms with Gasteiger partial charge in [-0.05, 0) is 49.4 Å². The van der Waals surface area contributed by atoms with Crippen molar-refractivity contribution in [1.29, 1.82) is 5.26 Å². The van der Waals surface area contributed by atoms with Crippen LogP contribution in [0.4, 0.5) is 5.00 Å². The Kier molecular flexibility index (Phi) is 7.91. The van der Waals surface area contributed by atoms with Gasteiger partial charge in [-0.15, -0.1) is 11.3 Å². The number of hydrogen-bond donors (Lipinski definition) is 2. The van der Waals surface area contributed by atoms with Crippen molar-refractivity contribution in [2.75, 3.05) is 18.5 Å². The van der Waals surface area contributed by atoms with Gasteiger partial charge in [0.1, 0.15) is 17.6 Å². The maximum atomic E-state index is 12.2. The zero-order chi connectivity index (χ0) is 22.4. The Bertz CT molecular complexity index is 1060. The summed E-state index contributed by atoms with van der Waals surface area (Å²) in [5.74, 6) is -1.85. The fourth-order valence-corrected chi connectivity index (χ4v) is 4.75. The van der Waals surface area contributed by atoms with Gasteiger partial charge in [-0.1, -0.05) is 29.6 Å². The number of nitrogens with zero attached hydrogens (tertiary/aromatic N) is 1. The molecule has 2 N–H and O–H groups in total. The van der Waals surface area contributed by atoms with Crippen molar-refractivity contribution in [2.24, 2.45) is 0 Å². The molecule has 7 nitrogen and oxygen atoms in total. The summed E-state index contributed by atoms with van der Waals surface area (Å²) in [6, 6.07) is 6.51. The number of nitriles is 1. The van der Waals surface area contributed by atoms with Gasteiger partial charge >= 0.3 is 5.97 Å². The number of halogens is 2. The number of amides is 2. The Hall–Kier alpha value is -2.60. The first-order chi connectivity index (χ1) is 14.9. The third kappa shape index (κ3) is 5.97. The number of anilines is 1. The Morgan fingerprint density at radius 1 is 1.13 bits per heavy atom. The molecule has 1 aliphatic rings. The Labute approximate surface area is 193 Å². The van der Waals surface area contributed by atoms with Gasteiger partial charge in [0.25, 0.3) is 11.8 Å². The first-order valence-electron chi connectivity index (χ1n) is 9.62. The van der Waals surface area contributed by atoms with Crippen LogP contribution in [0.5, 0.6) is 0 Å². The first-order valence-corrected chi connectivity index (χ1v) is 11.2. The number of esters is 1. The minimum absolute atomic E-state index is 0.219. The lowest BCUT2D eigenvalue weighted by Gasteiger charge is -2.08. The lowest BCUT2D eigenvalue weighted by Crippen LogP contribution is -2.32. The highest BCUT2D eigenvalue weighted by atomic mass is 35.5. The highest BCUT2D eigenvalue weighted by Gasteiger charge is 2.21. The molecular weight excluding hydrogens is 461 g/mol. The Morgan fingerprint density at radius 3 is 2.65 bits per heavy atom. The third-order valence-electron chi connectivity index (χ3n) is 4.73. The van der Waals surface area contributed by atoms with Gasteiger partial charge in [-0.25, -0.2) is 0 Å². The number of ether oxygens (including phenoxy) is 1. The fourth-order valence-electron chi connectivity index (χ4n) is 3.20. The lowest BCUT2D eigenvalue weighted by molar-refractivity contribution is -0.146. The molecule has 10 heteroatoms. The summed E-state index contributed by atoms with van der Waals surface area (Å²) in [5.41, 5.74) is 1.75. The normalized spacial score (nSPS) is 12.8. The van der Waals surface area contributed by atoms with E-state index in [1.807, 2.05) is 0 Å². The van der Waals surface area contributed by atoms with Crippen molar-refractivity contribution < 1.29 is 19.1 Å². The molecule has 0 unspecified atom stereocenters. The van der Waals surface area contributed by atoms with Crippen LogP contribution in [0.3, 0.4) is 0 Å². The number of thiophene rings is 1. The van der Waals surface area contributed by atoms with Crippen LogP contribution in [0.25, 0.3) is 0 Å². The second kappa shape index (κ2) is 10.6. The first kappa shape index (κ1) is 23.1. The predicted molar refractivity (Wildman–Crippen MR) is 119 cm³/mol. The van der Waals surface area contributed by atoms with Gasteiger partial charge in [-0.2, -0.15) is 5.26 Å². The number of aryl methyl sites for hydroxylation is 1. The van der Waals surface area contributed by atoms with Crippen molar-refractivity contribution in [1.82, 2.24) is 5.32 Å². The van der Waals surface area contributed by atoms with Gasteiger partial charge in [-0.3, -0.25) is 14.4 Å². The molecule has 1 aromatic heterocycles. The summed E-state index contributed by atoms with van der Waals surface area (Å²) in [4.78, 5) is 37.2. The molecule has 2 aromatic rings. The molecular formula is C21H19Cl2N3O4S. The van der Waals surface area contributed by atoms with E-state index in [1.54, 1.807) is 0 Å². The van der Waals surface area contributed by atoms with Gasteiger partial charge in [0.15, 0.2) is 6.61 Å². The standard InChI is InChI=1S/C21H19Cl2N3O4S/c22-15-7-6-12(8-16(15)23)20(29)25-10-19(28)30-11-18(27)26-21-14(9-24)13-4-2-1-3-5-17(13)31-21/h6-8H,1-5,10-11H2,(H,25,29)(H,26,27). The van der Waals surface area contributed by atoms with Crippen molar-refractivity contribution >= 4 is 57.3 Å². The van der Waals surface area contributed by atoms with Crippen molar-refractivity contribution in [3.05, 3.63) is 49.8 Å². The largest absolute Gasteiger partial charge is 0.454 e. The molecule has 2 amide bonds. The number of benzene rings is 1. The summed E-state index contributed by atoms with van der Waals surface area (Å²) in [6.07, 6.45) is 4.95. The second-order valence-electron chi connectivity index (χ2n) is 6.90. The number of rotatable bonds is 6. The summed E-state index contributed by atoms with van der Waals surface area (Å²) in [6.45, 7) is -0.933. The van der Waals surface area contributed by atoms with E-state index in [9.17, 15) is 19.6 Å². The molecule has 0 radical (unpaired) electrons. The summed E-state index contributed by atoms with van der Waals surface area (Å²) in [5, 5.41) is 15.6. The minimum Gasteiger partial charge on any atom is -0.454 e. The third-order valence-corrected chi connectivity index (χ3v) is 6.67. The van der Waals surface area contributed by atoms with Crippen molar-refractivity contribution in [3.63, 3.8) is 0 Å². The maximum absolute atomic E-state index is 12.2. The Balaban J connectivity index is 1.48. The van der Waals surface area contributed by atoms with Crippen molar-refractivity contribution in [2.45, 2.75) is 32.1 Å². The van der Waals surface area contributed by atoms with E-state index in [0.717, 1.165) is 42.5 Å². The zero-order valence-electron chi connectivity index (χ0n) is 16.4. The SMILES string of the molecule is N#Cc1c(NC(=O)COC(=O)CNC(=O)c2ccc(Cl)c(Cl)c2)sc2c1CCCCC2. The van der Waals surface area contributed by atoms with Crippen LogP contribution in [0.15, 0.2) is 18.2 Å². The van der Waals surface area contributed by atoms with E-state index in [0.29, 0.717) is 15.6 Å². The van der Waals surface area contributed by atoms with Crippen molar-refractivity contribution in [3.8, 4) is 6.07 Å². The average Bonchev–Trinajstić information content (AvgIpc) is 2.91. The predicted octanol–water partition coefficient (Wildman–Crippen LogP) is 4.11. The van der Waals surface area contributed by atoms with E-state index >= 15 is 0 Å². The van der Waals surface area contributed by atoms with E-state index in [4.69, 9.17) is 27.9 Å². The number of carbonyl (C=O) groups is 3. The molecule has 162 valence electrons. The number of nitrogens with one attached hydrogen (secondary N) is 2. The van der Waals surface area contributed by atoms with E-state index < -0.39 is 30.9 Å². The monoisotopic (exact) mass is 479 g/mol. The topological polar surface area (TPSA) is 108 Å². The molecule has 0 fully saturated rings. The molecule has 0 atom stereocenters. The van der Waals surface area contributed by atoms with Crippen LogP contribution in [0, 0.1) is 11.3 Å². The van der Waals surface area contributed by atoms with Gasteiger partial charge in [0, 0.05) is 10.4 Å². The summed E-state index contributed by atoms with van der Waals surface area (Å²) in [7, 11) is 0. The molecule has 1 aliphatic carbocycles. The van der Waals surface area contributed by atoms with E-state index in [-0.39, 0.29) is 10.6 Å². The molecule has 0 aliphatic heterocycles. The quantitative estimate of drug-likeness (QED) is 0.478. The molecule has 3 rings (SSSR count).